The maximum atomic E-state index is 13.8. The Morgan fingerprint density at radius 2 is 2.10 bits per heavy atom. The number of halogens is 2. The molecule has 0 spiro atoms. The number of aromatic nitrogens is 1. The molecule has 21 heavy (non-hydrogen) atoms. The first-order valence-corrected chi connectivity index (χ1v) is 6.98. The zero-order chi connectivity index (χ0) is 15.0. The van der Waals surface area contributed by atoms with E-state index in [9.17, 15) is 9.18 Å². The number of carbonyl (C=O) groups is 1. The van der Waals surface area contributed by atoms with Gasteiger partial charge in [0.25, 0.3) is 0 Å². The molecule has 0 aliphatic carbocycles. The lowest BCUT2D eigenvalue weighted by atomic mass is 10.0. The van der Waals surface area contributed by atoms with E-state index in [1.165, 1.54) is 12.1 Å². The van der Waals surface area contributed by atoms with Gasteiger partial charge in [-0.1, -0.05) is 29.3 Å². The predicted octanol–water partition coefficient (Wildman–Crippen LogP) is 4.69. The van der Waals surface area contributed by atoms with Gasteiger partial charge in [-0.2, -0.15) is 0 Å². The number of aromatic amines is 1. The standard InChI is InChI=1S/C17H13ClFNO/c1-10-5-6-16-11(7-10)13(9-20-16)17(21)8-12-14(18)3-2-4-15(12)19/h2-7,9,20H,8H2,1H3. The maximum Gasteiger partial charge on any atom is 0.169 e. The number of fused-ring (bicyclic) bond motifs is 1. The van der Waals surface area contributed by atoms with Gasteiger partial charge in [-0.15, -0.1) is 0 Å². The van der Waals surface area contributed by atoms with Crippen LogP contribution in [0.15, 0.2) is 42.6 Å². The van der Waals surface area contributed by atoms with Crippen molar-refractivity contribution in [2.24, 2.45) is 0 Å². The van der Waals surface area contributed by atoms with Crippen molar-refractivity contribution in [3.8, 4) is 0 Å². The van der Waals surface area contributed by atoms with Gasteiger partial charge < -0.3 is 4.98 Å². The quantitative estimate of drug-likeness (QED) is 0.699. The highest BCUT2D eigenvalue weighted by atomic mass is 35.5. The first kappa shape index (κ1) is 13.8. The fourth-order valence-corrected chi connectivity index (χ4v) is 2.65. The largest absolute Gasteiger partial charge is 0.360 e. The molecule has 1 N–H and O–H groups in total. The molecule has 0 aliphatic heterocycles. The van der Waals surface area contributed by atoms with Crippen LogP contribution in [0.4, 0.5) is 4.39 Å². The monoisotopic (exact) mass is 301 g/mol. The lowest BCUT2D eigenvalue weighted by Gasteiger charge is -2.05. The van der Waals surface area contributed by atoms with Gasteiger partial charge in [0.05, 0.1) is 0 Å². The summed E-state index contributed by atoms with van der Waals surface area (Å²) in [4.78, 5) is 15.5. The van der Waals surface area contributed by atoms with Crippen molar-refractivity contribution >= 4 is 28.3 Å². The van der Waals surface area contributed by atoms with E-state index >= 15 is 0 Å². The average Bonchev–Trinajstić information content (AvgIpc) is 2.86. The lowest BCUT2D eigenvalue weighted by Crippen LogP contribution is -2.05. The molecule has 0 amide bonds. The summed E-state index contributed by atoms with van der Waals surface area (Å²) < 4.78 is 13.8. The third kappa shape index (κ3) is 2.57. The Bertz CT molecular complexity index is 818. The second-order valence-corrected chi connectivity index (χ2v) is 5.46. The van der Waals surface area contributed by atoms with Gasteiger partial charge in [0.2, 0.25) is 0 Å². The van der Waals surface area contributed by atoms with E-state index in [1.807, 2.05) is 25.1 Å². The molecule has 0 fully saturated rings. The highest BCUT2D eigenvalue weighted by Gasteiger charge is 2.16. The Labute approximate surface area is 126 Å². The Morgan fingerprint density at radius 3 is 2.86 bits per heavy atom. The van der Waals surface area contributed by atoms with Crippen molar-refractivity contribution in [1.82, 2.24) is 4.98 Å². The molecule has 2 aromatic carbocycles. The van der Waals surface area contributed by atoms with Crippen LogP contribution in [0.5, 0.6) is 0 Å². The molecule has 0 unspecified atom stereocenters. The highest BCUT2D eigenvalue weighted by molar-refractivity contribution is 6.31. The summed E-state index contributed by atoms with van der Waals surface area (Å²) in [6, 6.07) is 10.3. The van der Waals surface area contributed by atoms with Crippen LogP contribution in [0.1, 0.15) is 21.5 Å². The van der Waals surface area contributed by atoms with Crippen LogP contribution in [-0.4, -0.2) is 10.8 Å². The van der Waals surface area contributed by atoms with E-state index in [4.69, 9.17) is 11.6 Å². The first-order valence-electron chi connectivity index (χ1n) is 6.60. The summed E-state index contributed by atoms with van der Waals surface area (Å²) in [5.74, 6) is -0.606. The number of H-pyrrole nitrogens is 1. The van der Waals surface area contributed by atoms with E-state index in [-0.39, 0.29) is 22.8 Å². The number of nitrogens with one attached hydrogen (secondary N) is 1. The van der Waals surface area contributed by atoms with E-state index in [0.29, 0.717) is 5.56 Å². The Morgan fingerprint density at radius 1 is 1.29 bits per heavy atom. The molecule has 1 aromatic heterocycles. The number of hydrogen-bond donors (Lipinski definition) is 1. The summed E-state index contributed by atoms with van der Waals surface area (Å²) in [5, 5.41) is 1.13. The molecule has 0 aliphatic rings. The minimum atomic E-state index is -0.452. The Balaban J connectivity index is 2.00. The molecule has 1 heterocycles. The van der Waals surface area contributed by atoms with Crippen molar-refractivity contribution in [2.45, 2.75) is 13.3 Å². The van der Waals surface area contributed by atoms with E-state index in [1.54, 1.807) is 12.3 Å². The molecule has 0 bridgehead atoms. The molecule has 0 saturated carbocycles. The number of benzene rings is 2. The van der Waals surface area contributed by atoms with Gasteiger partial charge in [-0.25, -0.2) is 4.39 Å². The predicted molar refractivity (Wildman–Crippen MR) is 82.5 cm³/mol. The fourth-order valence-electron chi connectivity index (χ4n) is 2.42. The van der Waals surface area contributed by atoms with Crippen LogP contribution in [0, 0.1) is 12.7 Å². The molecule has 0 radical (unpaired) electrons. The summed E-state index contributed by atoms with van der Waals surface area (Å²) in [6.45, 7) is 1.97. The van der Waals surface area contributed by atoms with Crippen LogP contribution in [0.25, 0.3) is 10.9 Å². The SMILES string of the molecule is Cc1ccc2[nH]cc(C(=O)Cc3c(F)cccc3Cl)c2c1. The number of Topliss-reactive ketones (excluding diaryl/α,β-unsaturated/α-hetero) is 1. The second kappa shape index (κ2) is 5.34. The minimum absolute atomic E-state index is 0.0492. The second-order valence-electron chi connectivity index (χ2n) is 5.05. The molecule has 3 rings (SSSR count). The molecule has 3 aromatic rings. The summed E-state index contributed by atoms with van der Waals surface area (Å²) >= 11 is 5.98. The molecule has 106 valence electrons. The van der Waals surface area contributed by atoms with Crippen LogP contribution >= 0.6 is 11.6 Å². The first-order chi connectivity index (χ1) is 10.1. The van der Waals surface area contributed by atoms with Crippen molar-refractivity contribution in [2.75, 3.05) is 0 Å². The third-order valence-corrected chi connectivity index (χ3v) is 3.89. The van der Waals surface area contributed by atoms with Gasteiger partial charge in [0.1, 0.15) is 5.82 Å². The van der Waals surface area contributed by atoms with Crippen molar-refractivity contribution in [1.29, 1.82) is 0 Å². The van der Waals surface area contributed by atoms with Gasteiger partial charge in [0.15, 0.2) is 5.78 Å². The normalized spacial score (nSPS) is 11.0. The maximum absolute atomic E-state index is 13.8. The van der Waals surface area contributed by atoms with Gasteiger partial charge >= 0.3 is 0 Å². The average molecular weight is 302 g/mol. The molecular formula is C17H13ClFNO. The van der Waals surface area contributed by atoms with Crippen LogP contribution in [0.3, 0.4) is 0 Å². The molecule has 4 heteroatoms. The summed E-state index contributed by atoms with van der Waals surface area (Å²) in [6.07, 6.45) is 1.62. The number of hydrogen-bond acceptors (Lipinski definition) is 1. The van der Waals surface area contributed by atoms with E-state index in [2.05, 4.69) is 4.98 Å². The van der Waals surface area contributed by atoms with Gasteiger partial charge in [-0.3, -0.25) is 4.79 Å². The number of ketones is 1. The van der Waals surface area contributed by atoms with E-state index in [0.717, 1.165) is 16.5 Å². The van der Waals surface area contributed by atoms with Crippen LogP contribution in [-0.2, 0) is 6.42 Å². The number of rotatable bonds is 3. The summed E-state index contributed by atoms with van der Waals surface area (Å²) in [5.41, 5.74) is 2.77. The Kier molecular flexibility index (Phi) is 3.52. The molecule has 0 atom stereocenters. The highest BCUT2D eigenvalue weighted by Crippen LogP contribution is 2.24. The van der Waals surface area contributed by atoms with Crippen molar-refractivity contribution in [3.63, 3.8) is 0 Å². The van der Waals surface area contributed by atoms with Crippen LogP contribution in [0.2, 0.25) is 5.02 Å². The minimum Gasteiger partial charge on any atom is -0.360 e. The number of carbonyl (C=O) groups excluding carboxylic acids is 1. The smallest absolute Gasteiger partial charge is 0.169 e. The molecule has 2 nitrogen and oxygen atoms in total. The van der Waals surface area contributed by atoms with Crippen molar-refractivity contribution < 1.29 is 9.18 Å². The summed E-state index contributed by atoms with van der Waals surface area (Å²) in [7, 11) is 0. The Hall–Kier alpha value is -2.13. The zero-order valence-corrected chi connectivity index (χ0v) is 12.2. The number of aryl methyl sites for hydroxylation is 1. The van der Waals surface area contributed by atoms with Crippen molar-refractivity contribution in [3.05, 3.63) is 70.1 Å². The fraction of sp³-hybridized carbons (Fsp3) is 0.118. The zero-order valence-electron chi connectivity index (χ0n) is 11.4. The molecule has 0 saturated heterocycles. The van der Waals surface area contributed by atoms with Crippen LogP contribution < -0.4 is 0 Å². The lowest BCUT2D eigenvalue weighted by molar-refractivity contribution is 0.0993. The third-order valence-electron chi connectivity index (χ3n) is 3.54. The topological polar surface area (TPSA) is 32.9 Å². The van der Waals surface area contributed by atoms with Gasteiger partial charge in [0, 0.05) is 39.7 Å². The van der Waals surface area contributed by atoms with Gasteiger partial charge in [-0.05, 0) is 31.2 Å². The van der Waals surface area contributed by atoms with E-state index < -0.39 is 5.82 Å². The molecular weight excluding hydrogens is 289 g/mol.